The molecule has 0 aromatic heterocycles. The minimum absolute atomic E-state index is 0.451. The van der Waals surface area contributed by atoms with Gasteiger partial charge in [-0.2, -0.15) is 0 Å². The molecule has 0 heterocycles. The summed E-state index contributed by atoms with van der Waals surface area (Å²) in [7, 11) is 0. The molecule has 0 radical (unpaired) electrons. The van der Waals surface area contributed by atoms with Crippen LogP contribution in [0.2, 0.25) is 0 Å². The molecule has 0 saturated carbocycles. The van der Waals surface area contributed by atoms with Gasteiger partial charge < -0.3 is 15.9 Å². The number of hydrogen-bond donors (Lipinski definition) is 4. The number of carbonyl (C=O) groups is 2. The van der Waals surface area contributed by atoms with Crippen LogP contribution in [0.5, 0.6) is 0 Å². The van der Waals surface area contributed by atoms with E-state index in [1.807, 2.05) is 0 Å². The molecule has 6 nitrogen and oxygen atoms in total. The van der Waals surface area contributed by atoms with Crippen LogP contribution in [-0.2, 0) is 9.59 Å². The van der Waals surface area contributed by atoms with Crippen LogP contribution >= 0.6 is 0 Å². The van der Waals surface area contributed by atoms with Gasteiger partial charge in [0.05, 0.1) is 6.54 Å². The van der Waals surface area contributed by atoms with E-state index in [1.54, 1.807) is 0 Å². The number of rotatable bonds is 4. The largest absolute Gasteiger partial charge is 0.480 e. The Hall–Kier alpha value is -1.14. The molecule has 10 heavy (non-hydrogen) atoms. The predicted molar refractivity (Wildman–Crippen MR) is 31.2 cm³/mol. The summed E-state index contributed by atoms with van der Waals surface area (Å²) in [6.45, 7) is -0.451. The van der Waals surface area contributed by atoms with Crippen molar-refractivity contribution < 1.29 is 19.8 Å². The first-order valence-corrected chi connectivity index (χ1v) is 2.47. The minimum Gasteiger partial charge on any atom is -0.480 e. The first kappa shape index (κ1) is 8.86. The Morgan fingerprint density at radius 3 is 2.30 bits per heavy atom. The van der Waals surface area contributed by atoms with Crippen LogP contribution in [0.15, 0.2) is 0 Å². The fourth-order valence-electron chi connectivity index (χ4n) is 0.285. The molecule has 0 saturated heterocycles. The maximum absolute atomic E-state index is 9.93. The standard InChI is InChI=1S/C4H8N2O4/c5-3(4(9)10)6-1-2(7)8/h3,6H,1,5H2,(H,7,8)(H,9,10). The van der Waals surface area contributed by atoms with Crippen molar-refractivity contribution in [3.05, 3.63) is 0 Å². The van der Waals surface area contributed by atoms with Crippen LogP contribution in [0, 0.1) is 0 Å². The summed E-state index contributed by atoms with van der Waals surface area (Å²) in [5.41, 5.74) is 4.89. The summed E-state index contributed by atoms with van der Waals surface area (Å²) in [6.07, 6.45) is -1.31. The third-order valence-corrected chi connectivity index (χ3v) is 0.739. The van der Waals surface area contributed by atoms with Gasteiger partial charge in [0.2, 0.25) is 0 Å². The number of nitrogens with two attached hydrogens (primary N) is 1. The van der Waals surface area contributed by atoms with Gasteiger partial charge in [0.25, 0.3) is 0 Å². The molecule has 5 N–H and O–H groups in total. The van der Waals surface area contributed by atoms with Crippen LogP contribution in [0.1, 0.15) is 0 Å². The van der Waals surface area contributed by atoms with E-state index in [4.69, 9.17) is 15.9 Å². The van der Waals surface area contributed by atoms with Gasteiger partial charge in [-0.15, -0.1) is 0 Å². The van der Waals surface area contributed by atoms with Gasteiger partial charge in [0, 0.05) is 0 Å². The van der Waals surface area contributed by atoms with Gasteiger partial charge in [0.1, 0.15) is 0 Å². The molecule has 0 rings (SSSR count). The highest BCUT2D eigenvalue weighted by Gasteiger charge is 2.10. The van der Waals surface area contributed by atoms with E-state index in [9.17, 15) is 9.59 Å². The highest BCUT2D eigenvalue weighted by atomic mass is 16.4. The van der Waals surface area contributed by atoms with Crippen LogP contribution in [0.4, 0.5) is 0 Å². The van der Waals surface area contributed by atoms with Gasteiger partial charge in [-0.05, 0) is 0 Å². The summed E-state index contributed by atoms with van der Waals surface area (Å²) in [6, 6.07) is 0. The molecule has 0 fully saturated rings. The van der Waals surface area contributed by atoms with Gasteiger partial charge in [-0.25, -0.2) is 4.79 Å². The second kappa shape index (κ2) is 3.80. The number of hydrogen-bond acceptors (Lipinski definition) is 4. The van der Waals surface area contributed by atoms with Crippen molar-refractivity contribution in [3.8, 4) is 0 Å². The average Bonchev–Trinajstić information content (AvgIpc) is 1.82. The van der Waals surface area contributed by atoms with Crippen molar-refractivity contribution in [2.24, 2.45) is 5.73 Å². The zero-order valence-electron chi connectivity index (χ0n) is 5.07. The van der Waals surface area contributed by atoms with Crippen molar-refractivity contribution in [3.63, 3.8) is 0 Å². The lowest BCUT2D eigenvalue weighted by Gasteiger charge is -2.04. The Bertz CT molecular complexity index is 146. The molecule has 0 aliphatic heterocycles. The lowest BCUT2D eigenvalue weighted by Crippen LogP contribution is -2.46. The monoisotopic (exact) mass is 148 g/mol. The first-order chi connectivity index (χ1) is 4.54. The highest BCUT2D eigenvalue weighted by Crippen LogP contribution is 1.70. The van der Waals surface area contributed by atoms with Gasteiger partial charge in [0.15, 0.2) is 6.17 Å². The summed E-state index contributed by atoms with van der Waals surface area (Å²) in [5, 5.41) is 18.2. The van der Waals surface area contributed by atoms with Crippen LogP contribution in [-0.4, -0.2) is 34.9 Å². The third kappa shape index (κ3) is 3.81. The van der Waals surface area contributed by atoms with Crippen LogP contribution < -0.4 is 11.1 Å². The molecule has 58 valence electrons. The molecule has 0 aliphatic rings. The molecule has 0 bridgehead atoms. The fourth-order valence-corrected chi connectivity index (χ4v) is 0.285. The Morgan fingerprint density at radius 1 is 1.50 bits per heavy atom. The van der Waals surface area contributed by atoms with Crippen molar-refractivity contribution in [2.75, 3.05) is 6.54 Å². The molecule has 1 unspecified atom stereocenters. The van der Waals surface area contributed by atoms with E-state index in [1.165, 1.54) is 0 Å². The summed E-state index contributed by atoms with van der Waals surface area (Å²) >= 11 is 0. The summed E-state index contributed by atoms with van der Waals surface area (Å²) < 4.78 is 0. The van der Waals surface area contributed by atoms with E-state index >= 15 is 0 Å². The van der Waals surface area contributed by atoms with Crippen molar-refractivity contribution in [1.82, 2.24) is 5.32 Å². The van der Waals surface area contributed by atoms with Gasteiger partial charge in [-0.3, -0.25) is 10.1 Å². The number of aliphatic carboxylic acids is 2. The molecule has 0 aromatic rings. The Labute approximate surface area is 56.6 Å². The normalized spacial score (nSPS) is 12.5. The zero-order valence-corrected chi connectivity index (χ0v) is 5.07. The topological polar surface area (TPSA) is 113 Å². The Balaban J connectivity index is 3.49. The zero-order chi connectivity index (χ0) is 8.15. The quantitative estimate of drug-likeness (QED) is 0.344. The molecule has 0 spiro atoms. The molecule has 0 amide bonds. The second-order valence-corrected chi connectivity index (χ2v) is 1.59. The lowest BCUT2D eigenvalue weighted by molar-refractivity contribution is -0.140. The predicted octanol–water partition coefficient (Wildman–Crippen LogP) is -1.97. The minimum atomic E-state index is -1.31. The number of nitrogens with one attached hydrogen (secondary N) is 1. The van der Waals surface area contributed by atoms with Crippen LogP contribution in [0.25, 0.3) is 0 Å². The van der Waals surface area contributed by atoms with Crippen molar-refractivity contribution in [1.29, 1.82) is 0 Å². The Morgan fingerprint density at radius 2 is 2.00 bits per heavy atom. The smallest absolute Gasteiger partial charge is 0.335 e. The molecule has 0 aliphatic carbocycles. The number of carboxylic acids is 2. The van der Waals surface area contributed by atoms with E-state index in [0.717, 1.165) is 0 Å². The average molecular weight is 148 g/mol. The first-order valence-electron chi connectivity index (χ1n) is 2.47. The Kier molecular flexibility index (Phi) is 3.37. The summed E-state index contributed by atoms with van der Waals surface area (Å²) in [4.78, 5) is 19.7. The fraction of sp³-hybridized carbons (Fsp3) is 0.500. The van der Waals surface area contributed by atoms with E-state index < -0.39 is 24.6 Å². The lowest BCUT2D eigenvalue weighted by atomic mass is 10.5. The maximum Gasteiger partial charge on any atom is 0.335 e. The molecule has 1 atom stereocenters. The molecule has 6 heteroatoms. The molecule has 0 aromatic carbocycles. The van der Waals surface area contributed by atoms with Gasteiger partial charge in [-0.1, -0.05) is 0 Å². The highest BCUT2D eigenvalue weighted by molar-refractivity contribution is 5.74. The maximum atomic E-state index is 9.93. The van der Waals surface area contributed by atoms with Crippen molar-refractivity contribution in [2.45, 2.75) is 6.17 Å². The second-order valence-electron chi connectivity index (χ2n) is 1.59. The molecular weight excluding hydrogens is 140 g/mol. The van der Waals surface area contributed by atoms with E-state index in [-0.39, 0.29) is 0 Å². The van der Waals surface area contributed by atoms with E-state index in [2.05, 4.69) is 5.32 Å². The van der Waals surface area contributed by atoms with E-state index in [0.29, 0.717) is 0 Å². The van der Waals surface area contributed by atoms with Gasteiger partial charge >= 0.3 is 11.9 Å². The third-order valence-electron chi connectivity index (χ3n) is 0.739. The number of carboxylic acid groups (broad SMARTS) is 2. The summed E-state index contributed by atoms with van der Waals surface area (Å²) in [5.74, 6) is -2.42. The molecular formula is C4H8N2O4. The SMILES string of the molecule is NC(NCC(=O)O)C(=O)O. The van der Waals surface area contributed by atoms with Crippen LogP contribution in [0.3, 0.4) is 0 Å². The van der Waals surface area contributed by atoms with Crippen molar-refractivity contribution >= 4 is 11.9 Å².